The van der Waals surface area contributed by atoms with Gasteiger partial charge < -0.3 is 5.32 Å². The van der Waals surface area contributed by atoms with Crippen molar-refractivity contribution in [2.75, 3.05) is 28.1 Å². The molecular formula is C22H19N3O4S. The first kappa shape index (κ1) is 19.7. The van der Waals surface area contributed by atoms with Crippen LogP contribution in [0.4, 0.5) is 17.1 Å². The highest BCUT2D eigenvalue weighted by Gasteiger charge is 2.31. The zero-order chi connectivity index (χ0) is 21.3. The number of anilines is 3. The van der Waals surface area contributed by atoms with Crippen LogP contribution in [0.3, 0.4) is 0 Å². The highest BCUT2D eigenvalue weighted by atomic mass is 32.2. The normalized spacial score (nSPS) is 13.4. The average molecular weight is 421 g/mol. The number of para-hydroxylation sites is 3. The Balaban J connectivity index is 1.76. The predicted molar refractivity (Wildman–Crippen MR) is 115 cm³/mol. The molecule has 3 aromatic carbocycles. The molecule has 0 bridgehead atoms. The minimum atomic E-state index is -3.87. The minimum absolute atomic E-state index is 0.123. The Labute approximate surface area is 174 Å². The lowest BCUT2D eigenvalue weighted by Gasteiger charge is -2.30. The van der Waals surface area contributed by atoms with Crippen molar-refractivity contribution in [3.8, 4) is 0 Å². The van der Waals surface area contributed by atoms with Crippen LogP contribution in [0.15, 0.2) is 83.8 Å². The van der Waals surface area contributed by atoms with E-state index in [1.807, 2.05) is 0 Å². The molecule has 1 aliphatic heterocycles. The Morgan fingerprint density at radius 1 is 0.933 bits per heavy atom. The van der Waals surface area contributed by atoms with Crippen LogP contribution < -0.4 is 14.5 Å². The number of rotatable bonds is 4. The molecule has 1 heterocycles. The van der Waals surface area contributed by atoms with Gasteiger partial charge in [-0.05, 0) is 36.4 Å². The average Bonchev–Trinajstić information content (AvgIpc) is 2.78. The number of benzene rings is 3. The van der Waals surface area contributed by atoms with E-state index >= 15 is 0 Å². The van der Waals surface area contributed by atoms with Crippen molar-refractivity contribution in [1.82, 2.24) is 0 Å². The maximum Gasteiger partial charge on any atom is 0.264 e. The molecule has 1 aliphatic rings. The van der Waals surface area contributed by atoms with Gasteiger partial charge in [0.15, 0.2) is 0 Å². The molecule has 0 saturated heterocycles. The van der Waals surface area contributed by atoms with Gasteiger partial charge in [0, 0.05) is 7.05 Å². The zero-order valence-corrected chi connectivity index (χ0v) is 17.0. The number of nitrogens with one attached hydrogen (secondary N) is 1. The van der Waals surface area contributed by atoms with E-state index < -0.39 is 15.9 Å². The molecule has 2 amide bonds. The molecule has 0 aliphatic carbocycles. The number of nitrogens with zero attached hydrogens (tertiary/aromatic N) is 2. The van der Waals surface area contributed by atoms with Crippen LogP contribution in [0.5, 0.6) is 0 Å². The first-order chi connectivity index (χ1) is 14.4. The van der Waals surface area contributed by atoms with E-state index in [2.05, 4.69) is 5.32 Å². The Morgan fingerprint density at radius 2 is 1.57 bits per heavy atom. The van der Waals surface area contributed by atoms with E-state index in [1.165, 1.54) is 24.1 Å². The topological polar surface area (TPSA) is 86.8 Å². The number of carbonyl (C=O) groups excluding carboxylic acids is 2. The number of amides is 2. The fourth-order valence-electron chi connectivity index (χ4n) is 3.37. The molecule has 0 aromatic heterocycles. The van der Waals surface area contributed by atoms with Gasteiger partial charge in [-0.1, -0.05) is 42.5 Å². The first-order valence-electron chi connectivity index (χ1n) is 9.23. The Kier molecular flexibility index (Phi) is 5.01. The molecule has 0 fully saturated rings. The lowest BCUT2D eigenvalue weighted by atomic mass is 10.1. The van der Waals surface area contributed by atoms with Gasteiger partial charge in [0.2, 0.25) is 5.91 Å². The Morgan fingerprint density at radius 3 is 2.33 bits per heavy atom. The molecule has 1 N–H and O–H groups in total. The smallest absolute Gasteiger partial charge is 0.264 e. The first-order valence-corrected chi connectivity index (χ1v) is 10.7. The fraction of sp³-hybridized carbons (Fsp3) is 0.0909. The molecule has 7 nitrogen and oxygen atoms in total. The van der Waals surface area contributed by atoms with E-state index in [-0.39, 0.29) is 28.6 Å². The van der Waals surface area contributed by atoms with Crippen molar-refractivity contribution >= 4 is 38.9 Å². The van der Waals surface area contributed by atoms with Crippen LogP contribution in [0, 0.1) is 0 Å². The lowest BCUT2D eigenvalue weighted by molar-refractivity contribution is -0.115. The van der Waals surface area contributed by atoms with Crippen LogP contribution in [-0.4, -0.2) is 33.8 Å². The summed E-state index contributed by atoms with van der Waals surface area (Å²) in [6.45, 7) is -0.153. The summed E-state index contributed by atoms with van der Waals surface area (Å²) in [5.41, 5.74) is 1.51. The summed E-state index contributed by atoms with van der Waals surface area (Å²) in [7, 11) is -2.46. The maximum atomic E-state index is 13.4. The van der Waals surface area contributed by atoms with Crippen molar-refractivity contribution < 1.29 is 18.0 Å². The van der Waals surface area contributed by atoms with Crippen molar-refractivity contribution in [2.45, 2.75) is 4.90 Å². The van der Waals surface area contributed by atoms with Gasteiger partial charge in [-0.25, -0.2) is 8.42 Å². The van der Waals surface area contributed by atoms with Gasteiger partial charge in [-0.2, -0.15) is 0 Å². The largest absolute Gasteiger partial charge is 0.323 e. The molecule has 152 valence electrons. The minimum Gasteiger partial charge on any atom is -0.323 e. The summed E-state index contributed by atoms with van der Waals surface area (Å²) >= 11 is 0. The Hall–Kier alpha value is -3.65. The van der Waals surface area contributed by atoms with E-state index in [9.17, 15) is 18.0 Å². The van der Waals surface area contributed by atoms with Crippen molar-refractivity contribution in [3.05, 3.63) is 84.4 Å². The summed E-state index contributed by atoms with van der Waals surface area (Å²) in [6.07, 6.45) is 0. The van der Waals surface area contributed by atoms with Crippen molar-refractivity contribution in [2.24, 2.45) is 0 Å². The van der Waals surface area contributed by atoms with Crippen LogP contribution in [0.25, 0.3) is 0 Å². The van der Waals surface area contributed by atoms with Gasteiger partial charge >= 0.3 is 0 Å². The van der Waals surface area contributed by atoms with Gasteiger partial charge in [-0.15, -0.1) is 0 Å². The standard InChI is InChI=1S/C22H19N3O4S/c1-24(30(28,29)16-9-3-2-4-10-16)19-13-7-5-11-17(19)22(27)25-15-21(26)23-18-12-6-8-14-20(18)25/h2-14H,15H2,1H3,(H,23,26). The third kappa shape index (κ3) is 3.42. The van der Waals surface area contributed by atoms with Crippen LogP contribution in [-0.2, 0) is 14.8 Å². The van der Waals surface area contributed by atoms with Crippen LogP contribution in [0.1, 0.15) is 10.4 Å². The molecule has 30 heavy (non-hydrogen) atoms. The van der Waals surface area contributed by atoms with Crippen molar-refractivity contribution in [3.63, 3.8) is 0 Å². The van der Waals surface area contributed by atoms with Gasteiger partial charge in [0.1, 0.15) is 6.54 Å². The van der Waals surface area contributed by atoms with E-state index in [0.717, 1.165) is 4.31 Å². The number of hydrogen-bond acceptors (Lipinski definition) is 4. The van der Waals surface area contributed by atoms with Gasteiger partial charge in [0.25, 0.3) is 15.9 Å². The monoisotopic (exact) mass is 421 g/mol. The van der Waals surface area contributed by atoms with Crippen LogP contribution >= 0.6 is 0 Å². The molecule has 0 radical (unpaired) electrons. The molecular weight excluding hydrogens is 402 g/mol. The molecule has 4 rings (SSSR count). The van der Waals surface area contributed by atoms with E-state index in [4.69, 9.17) is 0 Å². The van der Waals surface area contributed by atoms with Gasteiger partial charge in [-0.3, -0.25) is 18.8 Å². The second kappa shape index (κ2) is 7.64. The quantitative estimate of drug-likeness (QED) is 0.701. The summed E-state index contributed by atoms with van der Waals surface area (Å²) in [6, 6.07) is 21.5. The molecule has 0 unspecified atom stereocenters. The highest BCUT2D eigenvalue weighted by molar-refractivity contribution is 7.92. The third-order valence-corrected chi connectivity index (χ3v) is 6.68. The second-order valence-electron chi connectivity index (χ2n) is 6.76. The fourth-order valence-corrected chi connectivity index (χ4v) is 4.60. The SMILES string of the molecule is CN(c1ccccc1C(=O)N1CC(=O)Nc2ccccc21)S(=O)(=O)c1ccccc1. The second-order valence-corrected chi connectivity index (χ2v) is 8.73. The summed E-state index contributed by atoms with van der Waals surface area (Å²) in [5, 5.41) is 2.74. The van der Waals surface area contributed by atoms with Gasteiger partial charge in [0.05, 0.1) is 27.5 Å². The molecule has 0 spiro atoms. The summed E-state index contributed by atoms with van der Waals surface area (Å²) < 4.78 is 27.2. The maximum absolute atomic E-state index is 13.4. The Bertz CT molecular complexity index is 1230. The van der Waals surface area contributed by atoms with Crippen LogP contribution in [0.2, 0.25) is 0 Å². The molecule has 3 aromatic rings. The molecule has 0 saturated carbocycles. The molecule has 8 heteroatoms. The van der Waals surface area contributed by atoms with E-state index in [0.29, 0.717) is 11.4 Å². The number of sulfonamides is 1. The zero-order valence-electron chi connectivity index (χ0n) is 16.1. The number of fused-ring (bicyclic) bond motifs is 1. The highest BCUT2D eigenvalue weighted by Crippen LogP contribution is 2.33. The lowest BCUT2D eigenvalue weighted by Crippen LogP contribution is -2.42. The predicted octanol–water partition coefficient (Wildman–Crippen LogP) is 3.11. The molecule has 0 atom stereocenters. The number of hydrogen-bond donors (Lipinski definition) is 1. The van der Waals surface area contributed by atoms with Crippen molar-refractivity contribution in [1.29, 1.82) is 0 Å². The summed E-state index contributed by atoms with van der Waals surface area (Å²) in [4.78, 5) is 27.0. The van der Waals surface area contributed by atoms with E-state index in [1.54, 1.807) is 66.7 Å². The summed E-state index contributed by atoms with van der Waals surface area (Å²) in [5.74, 6) is -0.771. The third-order valence-electron chi connectivity index (χ3n) is 4.89. The number of carbonyl (C=O) groups is 2.